The van der Waals surface area contributed by atoms with Crippen molar-refractivity contribution in [3.8, 4) is 5.75 Å². The third-order valence-corrected chi connectivity index (χ3v) is 4.65. The minimum absolute atomic E-state index is 0.0819. The van der Waals surface area contributed by atoms with Crippen LogP contribution >= 0.6 is 0 Å². The number of alkyl carbamates (subject to hydrolysis) is 1. The summed E-state index contributed by atoms with van der Waals surface area (Å²) < 4.78 is 10.4. The fraction of sp³-hybridized carbons (Fsp3) is 0.571. The van der Waals surface area contributed by atoms with Gasteiger partial charge >= 0.3 is 6.09 Å². The zero-order valence-electron chi connectivity index (χ0n) is 17.8. The molecule has 1 saturated heterocycles. The number of ether oxygens (including phenoxy) is 2. The first kappa shape index (κ1) is 22.5. The fourth-order valence-electron chi connectivity index (χ4n) is 3.16. The molecule has 3 amide bonds. The van der Waals surface area contributed by atoms with Gasteiger partial charge in [0, 0.05) is 19.0 Å². The number of rotatable bonds is 5. The summed E-state index contributed by atoms with van der Waals surface area (Å²) >= 11 is 0. The minimum atomic E-state index is -0.691. The normalized spacial score (nSPS) is 16.0. The van der Waals surface area contributed by atoms with Crippen LogP contribution in [0, 0.1) is 5.92 Å². The second-order valence-electron chi connectivity index (χ2n) is 8.16. The molecule has 0 radical (unpaired) electrons. The summed E-state index contributed by atoms with van der Waals surface area (Å²) in [5.41, 5.74) is 0.00804. The van der Waals surface area contributed by atoms with Crippen LogP contribution in [-0.4, -0.2) is 54.6 Å². The number of benzene rings is 1. The molecule has 2 rings (SSSR count). The smallest absolute Gasteiger partial charge is 0.408 e. The van der Waals surface area contributed by atoms with Crippen molar-refractivity contribution in [3.63, 3.8) is 0 Å². The topological polar surface area (TPSA) is 97.0 Å². The van der Waals surface area contributed by atoms with E-state index in [-0.39, 0.29) is 17.7 Å². The molecule has 29 heavy (non-hydrogen) atoms. The minimum Gasteiger partial charge on any atom is -0.495 e. The summed E-state index contributed by atoms with van der Waals surface area (Å²) in [6.07, 6.45) is 0.502. The Morgan fingerprint density at radius 1 is 1.14 bits per heavy atom. The van der Waals surface area contributed by atoms with Crippen molar-refractivity contribution in [2.45, 2.75) is 52.2 Å². The first-order valence-electron chi connectivity index (χ1n) is 9.83. The molecule has 0 spiro atoms. The van der Waals surface area contributed by atoms with E-state index in [9.17, 15) is 14.4 Å². The maximum absolute atomic E-state index is 12.6. The van der Waals surface area contributed by atoms with E-state index < -0.39 is 17.7 Å². The fourth-order valence-corrected chi connectivity index (χ4v) is 3.16. The van der Waals surface area contributed by atoms with Crippen LogP contribution in [0.15, 0.2) is 24.3 Å². The van der Waals surface area contributed by atoms with Gasteiger partial charge in [0.15, 0.2) is 0 Å². The third kappa shape index (κ3) is 6.66. The van der Waals surface area contributed by atoms with Crippen molar-refractivity contribution >= 4 is 23.6 Å². The summed E-state index contributed by atoms with van der Waals surface area (Å²) in [6, 6.07) is 6.56. The molecule has 0 saturated carbocycles. The lowest BCUT2D eigenvalue weighted by Gasteiger charge is -2.33. The number of likely N-dealkylation sites (tertiary alicyclic amines) is 1. The number of nitrogens with one attached hydrogen (secondary N) is 2. The molecule has 8 heteroatoms. The molecular formula is C21H31N3O5. The lowest BCUT2D eigenvalue weighted by molar-refractivity contribution is -0.136. The monoisotopic (exact) mass is 405 g/mol. The molecule has 0 aliphatic carbocycles. The van der Waals surface area contributed by atoms with Crippen molar-refractivity contribution in [2.75, 3.05) is 25.5 Å². The molecule has 1 aliphatic rings. The Balaban J connectivity index is 1.84. The van der Waals surface area contributed by atoms with Gasteiger partial charge in [-0.05, 0) is 52.7 Å². The maximum Gasteiger partial charge on any atom is 0.408 e. The van der Waals surface area contributed by atoms with Gasteiger partial charge < -0.3 is 25.0 Å². The van der Waals surface area contributed by atoms with E-state index >= 15 is 0 Å². The van der Waals surface area contributed by atoms with Crippen molar-refractivity contribution in [3.05, 3.63) is 24.3 Å². The second kappa shape index (κ2) is 9.62. The van der Waals surface area contributed by atoms with Gasteiger partial charge in [0.05, 0.1) is 12.8 Å². The lowest BCUT2D eigenvalue weighted by Crippen LogP contribution is -2.50. The summed E-state index contributed by atoms with van der Waals surface area (Å²) in [7, 11) is 1.56. The van der Waals surface area contributed by atoms with E-state index in [1.807, 2.05) is 12.1 Å². The Morgan fingerprint density at radius 2 is 1.76 bits per heavy atom. The summed E-state index contributed by atoms with van der Waals surface area (Å²) in [5, 5.41) is 5.47. The average molecular weight is 405 g/mol. The molecule has 1 aromatic rings. The molecule has 1 aromatic carbocycles. The van der Waals surface area contributed by atoms with Gasteiger partial charge in [-0.15, -0.1) is 0 Å². The molecular weight excluding hydrogens is 374 g/mol. The highest BCUT2D eigenvalue weighted by Gasteiger charge is 2.30. The molecule has 0 aromatic heterocycles. The lowest BCUT2D eigenvalue weighted by atomic mass is 9.95. The predicted molar refractivity (Wildman–Crippen MR) is 110 cm³/mol. The standard InChI is InChI=1S/C21H31N3O5/c1-14(22-20(27)29-21(2,3)4)19(26)24-12-10-15(11-13-24)18(25)23-16-8-6-7-9-17(16)28-5/h6-9,14-15H,10-13H2,1-5H3,(H,22,27)(H,23,25)/t14-/m1/s1. The van der Waals surface area contributed by atoms with Crippen molar-refractivity contribution in [2.24, 2.45) is 5.92 Å². The van der Waals surface area contributed by atoms with Crippen molar-refractivity contribution < 1.29 is 23.9 Å². The van der Waals surface area contributed by atoms with E-state index in [1.54, 1.807) is 51.8 Å². The highest BCUT2D eigenvalue weighted by Crippen LogP contribution is 2.26. The Kier molecular flexibility index (Phi) is 7.47. The van der Waals surface area contributed by atoms with E-state index in [4.69, 9.17) is 9.47 Å². The summed E-state index contributed by atoms with van der Waals surface area (Å²) in [6.45, 7) is 7.85. The third-order valence-electron chi connectivity index (χ3n) is 4.65. The maximum atomic E-state index is 12.6. The quantitative estimate of drug-likeness (QED) is 0.785. The van der Waals surface area contributed by atoms with Gasteiger partial charge in [0.25, 0.3) is 0 Å². The zero-order chi connectivity index (χ0) is 21.6. The molecule has 8 nitrogen and oxygen atoms in total. The van der Waals surface area contributed by atoms with E-state index in [1.165, 1.54) is 0 Å². The molecule has 1 atom stereocenters. The molecule has 1 heterocycles. The van der Waals surface area contributed by atoms with Crippen LogP contribution in [0.25, 0.3) is 0 Å². The highest BCUT2D eigenvalue weighted by atomic mass is 16.6. The summed E-state index contributed by atoms with van der Waals surface area (Å²) in [5.74, 6) is 0.162. The number of piperidine rings is 1. The number of methoxy groups -OCH3 is 1. The van der Waals surface area contributed by atoms with Crippen LogP contribution in [-0.2, 0) is 14.3 Å². The Labute approximate surface area is 171 Å². The SMILES string of the molecule is COc1ccccc1NC(=O)C1CCN(C(=O)[C@@H](C)NC(=O)OC(C)(C)C)CC1. The zero-order valence-corrected chi connectivity index (χ0v) is 17.8. The molecule has 2 N–H and O–H groups in total. The Bertz CT molecular complexity index is 736. The van der Waals surface area contributed by atoms with E-state index in [0.29, 0.717) is 37.4 Å². The van der Waals surface area contributed by atoms with Gasteiger partial charge in [-0.1, -0.05) is 12.1 Å². The van der Waals surface area contributed by atoms with Crippen LogP contribution in [0.2, 0.25) is 0 Å². The number of nitrogens with zero attached hydrogens (tertiary/aromatic N) is 1. The predicted octanol–water partition coefficient (Wildman–Crippen LogP) is 2.79. The van der Waals surface area contributed by atoms with Crippen LogP contribution in [0.1, 0.15) is 40.5 Å². The van der Waals surface area contributed by atoms with Gasteiger partial charge in [-0.25, -0.2) is 4.79 Å². The number of carbonyl (C=O) groups is 3. The average Bonchev–Trinajstić information content (AvgIpc) is 2.66. The Hall–Kier alpha value is -2.77. The molecule has 160 valence electrons. The van der Waals surface area contributed by atoms with Gasteiger partial charge in [-0.3, -0.25) is 9.59 Å². The van der Waals surface area contributed by atoms with Crippen LogP contribution < -0.4 is 15.4 Å². The molecule has 0 bridgehead atoms. The molecule has 0 unspecified atom stereocenters. The van der Waals surface area contributed by atoms with Gasteiger partial charge in [0.1, 0.15) is 17.4 Å². The van der Waals surface area contributed by atoms with Gasteiger partial charge in [0.2, 0.25) is 11.8 Å². The van der Waals surface area contributed by atoms with Gasteiger partial charge in [-0.2, -0.15) is 0 Å². The Morgan fingerprint density at radius 3 is 2.34 bits per heavy atom. The van der Waals surface area contributed by atoms with Crippen LogP contribution in [0.5, 0.6) is 5.75 Å². The second-order valence-corrected chi connectivity index (χ2v) is 8.16. The number of para-hydroxylation sites is 2. The first-order valence-corrected chi connectivity index (χ1v) is 9.83. The first-order chi connectivity index (χ1) is 13.6. The number of hydrogen-bond donors (Lipinski definition) is 2. The van der Waals surface area contributed by atoms with E-state index in [0.717, 1.165) is 0 Å². The number of carbonyl (C=O) groups excluding carboxylic acids is 3. The van der Waals surface area contributed by atoms with Crippen molar-refractivity contribution in [1.82, 2.24) is 10.2 Å². The molecule has 1 aliphatic heterocycles. The number of amides is 3. The highest BCUT2D eigenvalue weighted by molar-refractivity contribution is 5.94. The van der Waals surface area contributed by atoms with E-state index in [2.05, 4.69) is 10.6 Å². The summed E-state index contributed by atoms with van der Waals surface area (Å²) in [4.78, 5) is 38.7. The number of anilines is 1. The van der Waals surface area contributed by atoms with Crippen molar-refractivity contribution in [1.29, 1.82) is 0 Å². The molecule has 1 fully saturated rings. The van der Waals surface area contributed by atoms with Crippen LogP contribution in [0.3, 0.4) is 0 Å². The number of hydrogen-bond acceptors (Lipinski definition) is 5. The largest absolute Gasteiger partial charge is 0.495 e. The van der Waals surface area contributed by atoms with Crippen LogP contribution in [0.4, 0.5) is 10.5 Å².